The molecule has 186 valence electrons. The van der Waals surface area contributed by atoms with Crippen molar-refractivity contribution in [3.63, 3.8) is 0 Å². The maximum absolute atomic E-state index is 10.9. The predicted octanol–water partition coefficient (Wildman–Crippen LogP) is -0.325. The Bertz CT molecular complexity index is 358. The first-order chi connectivity index (χ1) is 15.3. The van der Waals surface area contributed by atoms with Crippen LogP contribution >= 0.6 is 0 Å². The van der Waals surface area contributed by atoms with Gasteiger partial charge in [-0.1, -0.05) is 0 Å². The monoisotopic (exact) mass is 456 g/mol. The summed E-state index contributed by atoms with van der Waals surface area (Å²) in [5.74, 6) is -0.284. The van der Waals surface area contributed by atoms with Crippen LogP contribution in [0.4, 0.5) is 0 Å². The van der Waals surface area contributed by atoms with Crippen LogP contribution in [0.2, 0.25) is 0 Å². The molecule has 0 aromatic rings. The number of carbonyl (C=O) groups is 1. The molecule has 0 fully saturated rings. The largest absolute Gasteiger partial charge is 0.469 e. The Labute approximate surface area is 185 Å². The minimum absolute atomic E-state index is 0.0252. The highest BCUT2D eigenvalue weighted by Crippen LogP contribution is 1.88. The van der Waals surface area contributed by atoms with E-state index in [2.05, 4.69) is 4.74 Å². The van der Waals surface area contributed by atoms with Gasteiger partial charge in [0.05, 0.1) is 126 Å². The molecule has 31 heavy (non-hydrogen) atoms. The van der Waals surface area contributed by atoms with Gasteiger partial charge >= 0.3 is 5.97 Å². The van der Waals surface area contributed by atoms with Crippen LogP contribution in [0.1, 0.15) is 6.42 Å². The SMILES string of the molecule is COC(=O)CCOCCOCCOCCOCCOCCOCCOCCOCCO. The Morgan fingerprint density at radius 3 is 1.00 bits per heavy atom. The quantitative estimate of drug-likeness (QED) is 0.136. The molecule has 0 aliphatic rings. The molecule has 0 aliphatic heterocycles. The lowest BCUT2D eigenvalue weighted by molar-refractivity contribution is -0.141. The zero-order valence-electron chi connectivity index (χ0n) is 18.8. The lowest BCUT2D eigenvalue weighted by atomic mass is 10.5. The van der Waals surface area contributed by atoms with Gasteiger partial charge in [-0.15, -0.1) is 0 Å². The summed E-state index contributed by atoms with van der Waals surface area (Å²) in [4.78, 5) is 10.9. The van der Waals surface area contributed by atoms with E-state index in [1.165, 1.54) is 7.11 Å². The zero-order valence-corrected chi connectivity index (χ0v) is 18.8. The van der Waals surface area contributed by atoms with Crippen LogP contribution in [0, 0.1) is 0 Å². The third kappa shape index (κ3) is 27.1. The predicted molar refractivity (Wildman–Crippen MR) is 110 cm³/mol. The lowest BCUT2D eigenvalue weighted by Gasteiger charge is -2.08. The van der Waals surface area contributed by atoms with E-state index < -0.39 is 0 Å². The van der Waals surface area contributed by atoms with Crippen molar-refractivity contribution in [3.05, 3.63) is 0 Å². The lowest BCUT2D eigenvalue weighted by Crippen LogP contribution is -2.15. The second-order valence-corrected chi connectivity index (χ2v) is 5.95. The molecule has 0 radical (unpaired) electrons. The number of rotatable bonds is 26. The fraction of sp³-hybridized carbons (Fsp3) is 0.950. The fourth-order valence-corrected chi connectivity index (χ4v) is 1.96. The van der Waals surface area contributed by atoms with Gasteiger partial charge in [0.15, 0.2) is 0 Å². The van der Waals surface area contributed by atoms with Gasteiger partial charge in [0, 0.05) is 0 Å². The maximum atomic E-state index is 10.9. The van der Waals surface area contributed by atoms with Crippen LogP contribution in [0.3, 0.4) is 0 Å². The molecule has 0 saturated heterocycles. The van der Waals surface area contributed by atoms with Crippen molar-refractivity contribution < 1.29 is 52.5 Å². The first-order valence-electron chi connectivity index (χ1n) is 10.6. The van der Waals surface area contributed by atoms with Gasteiger partial charge < -0.3 is 47.7 Å². The van der Waals surface area contributed by atoms with Crippen LogP contribution in [0.25, 0.3) is 0 Å². The summed E-state index contributed by atoms with van der Waals surface area (Å²) < 4.78 is 47.0. The molecule has 0 bridgehead atoms. The minimum atomic E-state index is -0.284. The van der Waals surface area contributed by atoms with Crippen molar-refractivity contribution in [1.29, 1.82) is 0 Å². The van der Waals surface area contributed by atoms with Gasteiger partial charge in [-0.3, -0.25) is 4.79 Å². The Morgan fingerprint density at radius 2 is 0.742 bits per heavy atom. The highest BCUT2D eigenvalue weighted by Gasteiger charge is 1.99. The van der Waals surface area contributed by atoms with Crippen LogP contribution in [-0.2, 0) is 47.4 Å². The molecule has 0 rings (SSSR count). The molecule has 0 aromatic heterocycles. The molecule has 0 atom stereocenters. The van der Waals surface area contributed by atoms with Crippen molar-refractivity contribution in [2.24, 2.45) is 0 Å². The molecule has 0 amide bonds. The molecule has 0 heterocycles. The first kappa shape index (κ1) is 30.1. The molecular formula is C20H40O11. The van der Waals surface area contributed by atoms with Crippen molar-refractivity contribution >= 4 is 5.97 Å². The standard InChI is InChI=1S/C20H40O11/c1-23-20(22)2-4-24-6-8-26-10-12-28-14-16-30-18-19-31-17-15-29-13-11-27-9-7-25-5-3-21/h21H,2-19H2,1H3. The van der Waals surface area contributed by atoms with Crippen LogP contribution < -0.4 is 0 Å². The molecule has 0 unspecified atom stereocenters. The summed E-state index contributed by atoms with van der Waals surface area (Å²) in [6.07, 6.45) is 0.248. The minimum Gasteiger partial charge on any atom is -0.469 e. The Kier molecular flexibility index (Phi) is 26.4. The van der Waals surface area contributed by atoms with Gasteiger partial charge in [0.1, 0.15) is 0 Å². The molecule has 11 nitrogen and oxygen atoms in total. The zero-order chi connectivity index (χ0) is 22.7. The summed E-state index contributed by atoms with van der Waals surface area (Å²) in [6, 6.07) is 0. The normalized spacial score (nSPS) is 11.2. The fourth-order valence-electron chi connectivity index (χ4n) is 1.96. The van der Waals surface area contributed by atoms with Gasteiger partial charge in [0.25, 0.3) is 0 Å². The summed E-state index contributed by atoms with van der Waals surface area (Å²) in [6.45, 7) is 7.50. The Morgan fingerprint density at radius 1 is 0.484 bits per heavy atom. The van der Waals surface area contributed by atoms with E-state index >= 15 is 0 Å². The third-order valence-corrected chi connectivity index (χ3v) is 3.52. The van der Waals surface area contributed by atoms with E-state index in [0.717, 1.165) is 0 Å². The first-order valence-corrected chi connectivity index (χ1v) is 10.6. The Balaban J connectivity index is 3.01. The maximum Gasteiger partial charge on any atom is 0.307 e. The number of ether oxygens (including phenoxy) is 9. The molecule has 11 heteroatoms. The third-order valence-electron chi connectivity index (χ3n) is 3.52. The molecule has 0 aromatic carbocycles. The number of aliphatic hydroxyl groups is 1. The Hall–Kier alpha value is -0.890. The van der Waals surface area contributed by atoms with Gasteiger partial charge in [0.2, 0.25) is 0 Å². The number of hydrogen-bond acceptors (Lipinski definition) is 11. The molecule has 0 saturated carbocycles. The second kappa shape index (κ2) is 27.1. The molecular weight excluding hydrogens is 416 g/mol. The summed E-state index contributed by atoms with van der Waals surface area (Å²) >= 11 is 0. The number of hydrogen-bond donors (Lipinski definition) is 1. The van der Waals surface area contributed by atoms with E-state index in [4.69, 9.17) is 43.0 Å². The summed E-state index contributed by atoms with van der Waals surface area (Å²) in [5.41, 5.74) is 0. The summed E-state index contributed by atoms with van der Waals surface area (Å²) in [5, 5.41) is 8.53. The molecule has 1 N–H and O–H groups in total. The van der Waals surface area contributed by atoms with Crippen LogP contribution in [0.15, 0.2) is 0 Å². The number of carbonyl (C=O) groups excluding carboxylic acids is 1. The number of methoxy groups -OCH3 is 1. The van der Waals surface area contributed by atoms with Crippen molar-refractivity contribution in [2.45, 2.75) is 6.42 Å². The average Bonchev–Trinajstić information content (AvgIpc) is 2.78. The molecule has 0 aliphatic carbocycles. The highest BCUT2D eigenvalue weighted by atomic mass is 16.6. The van der Waals surface area contributed by atoms with Crippen molar-refractivity contribution in [2.75, 3.05) is 119 Å². The summed E-state index contributed by atoms with van der Waals surface area (Å²) in [7, 11) is 1.35. The highest BCUT2D eigenvalue weighted by molar-refractivity contribution is 5.69. The van der Waals surface area contributed by atoms with Gasteiger partial charge in [-0.05, 0) is 0 Å². The smallest absolute Gasteiger partial charge is 0.307 e. The van der Waals surface area contributed by atoms with Crippen LogP contribution in [-0.4, -0.2) is 131 Å². The number of esters is 1. The van der Waals surface area contributed by atoms with Crippen molar-refractivity contribution in [3.8, 4) is 0 Å². The number of aliphatic hydroxyl groups excluding tert-OH is 1. The van der Waals surface area contributed by atoms with Gasteiger partial charge in [-0.25, -0.2) is 0 Å². The van der Waals surface area contributed by atoms with E-state index in [0.29, 0.717) is 106 Å². The second-order valence-electron chi connectivity index (χ2n) is 5.95. The van der Waals surface area contributed by atoms with Crippen molar-refractivity contribution in [1.82, 2.24) is 0 Å². The molecule has 0 spiro atoms. The van der Waals surface area contributed by atoms with E-state index in [1.807, 2.05) is 0 Å². The average molecular weight is 457 g/mol. The van der Waals surface area contributed by atoms with Crippen LogP contribution in [0.5, 0.6) is 0 Å². The van der Waals surface area contributed by atoms with E-state index in [1.54, 1.807) is 0 Å². The van der Waals surface area contributed by atoms with Gasteiger partial charge in [-0.2, -0.15) is 0 Å². The topological polar surface area (TPSA) is 120 Å². The van der Waals surface area contributed by atoms with E-state index in [9.17, 15) is 4.79 Å². The van der Waals surface area contributed by atoms with E-state index in [-0.39, 0.29) is 19.0 Å².